The second kappa shape index (κ2) is 11.7. The van der Waals surface area contributed by atoms with Crippen LogP contribution >= 0.6 is 22.7 Å². The van der Waals surface area contributed by atoms with E-state index in [2.05, 4.69) is 175 Å². The van der Waals surface area contributed by atoms with Crippen LogP contribution in [0.4, 0.5) is 17.1 Å². The van der Waals surface area contributed by atoms with E-state index in [9.17, 15) is 0 Å². The van der Waals surface area contributed by atoms with Crippen molar-refractivity contribution < 1.29 is 0 Å². The summed E-state index contributed by atoms with van der Waals surface area (Å²) in [5.74, 6) is 0. The largest absolute Gasteiger partial charge is 0.308 e. The highest BCUT2D eigenvalue weighted by Crippen LogP contribution is 2.51. The van der Waals surface area contributed by atoms with Crippen LogP contribution in [-0.4, -0.2) is 4.98 Å². The molecule has 0 aliphatic heterocycles. The van der Waals surface area contributed by atoms with Gasteiger partial charge in [-0.15, -0.1) is 22.7 Å². The summed E-state index contributed by atoms with van der Waals surface area (Å²) in [7, 11) is 0. The molecule has 0 unspecified atom stereocenters. The first-order valence-electron chi connectivity index (χ1n) is 15.7. The Morgan fingerprint density at radius 1 is 0.404 bits per heavy atom. The molecule has 0 saturated heterocycles. The Bertz CT molecular complexity index is 2400. The van der Waals surface area contributed by atoms with Crippen LogP contribution in [0.1, 0.15) is 0 Å². The Morgan fingerprint density at radius 3 is 1.47 bits per heavy atom. The van der Waals surface area contributed by atoms with Crippen molar-refractivity contribution in [3.05, 3.63) is 170 Å². The summed E-state index contributed by atoms with van der Waals surface area (Å²) in [5.41, 5.74) is 10.4. The summed E-state index contributed by atoms with van der Waals surface area (Å²) in [6, 6.07) is 60.7. The predicted molar refractivity (Wildman–Crippen MR) is 203 cm³/mol. The molecule has 47 heavy (non-hydrogen) atoms. The molecule has 0 radical (unpaired) electrons. The van der Waals surface area contributed by atoms with Crippen LogP contribution in [0.25, 0.3) is 63.2 Å². The average molecular weight is 637 g/mol. The summed E-state index contributed by atoms with van der Waals surface area (Å²) >= 11 is 3.64. The maximum absolute atomic E-state index is 5.25. The van der Waals surface area contributed by atoms with E-state index in [0.29, 0.717) is 0 Å². The molecular formula is C43H28N2S2. The summed E-state index contributed by atoms with van der Waals surface area (Å²) in [5, 5.41) is 3.54. The minimum atomic E-state index is 1.02. The predicted octanol–water partition coefficient (Wildman–Crippen LogP) is 13.1. The van der Waals surface area contributed by atoms with Crippen LogP contribution in [0.2, 0.25) is 0 Å². The first-order chi connectivity index (χ1) is 23.3. The number of aromatic nitrogens is 1. The molecule has 7 aromatic carbocycles. The highest BCUT2D eigenvalue weighted by molar-refractivity contribution is 7.27. The van der Waals surface area contributed by atoms with Gasteiger partial charge in [-0.25, -0.2) is 4.98 Å². The van der Waals surface area contributed by atoms with Crippen molar-refractivity contribution in [2.24, 2.45) is 0 Å². The average Bonchev–Trinajstić information content (AvgIpc) is 3.75. The van der Waals surface area contributed by atoms with E-state index in [4.69, 9.17) is 4.98 Å². The molecule has 0 N–H and O–H groups in total. The SMILES string of the molecule is c1ccc(-c2ccc(N(c3ccc(-c4ccccc4)cc3)c3c4sc(-c5ccccc5)nc4cc4c3sc3ccccc34)cc2)cc1. The molecule has 0 spiro atoms. The topological polar surface area (TPSA) is 16.1 Å². The number of rotatable bonds is 6. The van der Waals surface area contributed by atoms with Gasteiger partial charge in [0, 0.05) is 32.4 Å². The molecule has 4 heteroatoms. The van der Waals surface area contributed by atoms with Gasteiger partial charge in [0.2, 0.25) is 0 Å². The number of hydrogen-bond donors (Lipinski definition) is 0. The van der Waals surface area contributed by atoms with Gasteiger partial charge in [-0.3, -0.25) is 0 Å². The smallest absolute Gasteiger partial charge is 0.124 e. The number of benzene rings is 7. The van der Waals surface area contributed by atoms with Crippen LogP contribution in [0.5, 0.6) is 0 Å². The lowest BCUT2D eigenvalue weighted by Gasteiger charge is -2.27. The monoisotopic (exact) mass is 636 g/mol. The molecular weight excluding hydrogens is 609 g/mol. The Labute approximate surface area is 281 Å². The minimum absolute atomic E-state index is 1.02. The van der Waals surface area contributed by atoms with E-state index in [1.165, 1.54) is 52.8 Å². The first kappa shape index (κ1) is 27.7. The maximum atomic E-state index is 5.25. The number of hydrogen-bond acceptors (Lipinski definition) is 4. The van der Waals surface area contributed by atoms with Crippen molar-refractivity contribution in [3.63, 3.8) is 0 Å². The molecule has 0 aliphatic rings. The number of thiophene rings is 1. The fraction of sp³-hybridized carbons (Fsp3) is 0. The normalized spacial score (nSPS) is 11.4. The summed E-state index contributed by atoms with van der Waals surface area (Å²) in [4.78, 5) is 7.69. The Hall–Kier alpha value is -5.55. The van der Waals surface area contributed by atoms with Crippen molar-refractivity contribution >= 4 is 70.1 Å². The van der Waals surface area contributed by atoms with E-state index in [0.717, 1.165) is 27.5 Å². The van der Waals surface area contributed by atoms with Crippen LogP contribution in [0.15, 0.2) is 170 Å². The number of nitrogens with zero attached hydrogens (tertiary/aromatic N) is 2. The molecule has 0 atom stereocenters. The lowest BCUT2D eigenvalue weighted by molar-refractivity contribution is 1.31. The molecule has 2 aromatic heterocycles. The van der Waals surface area contributed by atoms with Gasteiger partial charge in [-0.05, 0) is 58.7 Å². The number of thiazole rings is 1. The van der Waals surface area contributed by atoms with Gasteiger partial charge in [-0.2, -0.15) is 0 Å². The third-order valence-electron chi connectivity index (χ3n) is 8.71. The highest BCUT2D eigenvalue weighted by atomic mass is 32.1. The van der Waals surface area contributed by atoms with E-state index in [1.54, 1.807) is 11.3 Å². The van der Waals surface area contributed by atoms with Gasteiger partial charge in [0.1, 0.15) is 5.01 Å². The third kappa shape index (κ3) is 4.99. The van der Waals surface area contributed by atoms with Crippen molar-refractivity contribution in [2.75, 3.05) is 4.90 Å². The molecule has 2 nitrogen and oxygen atoms in total. The zero-order valence-corrected chi connectivity index (χ0v) is 27.0. The van der Waals surface area contributed by atoms with Gasteiger partial charge in [-0.1, -0.05) is 133 Å². The van der Waals surface area contributed by atoms with Crippen LogP contribution in [0.3, 0.4) is 0 Å². The van der Waals surface area contributed by atoms with Gasteiger partial charge in [0.15, 0.2) is 0 Å². The standard InChI is InChI=1S/C43H28N2S2/c1-4-12-29(13-5-1)31-20-24-34(25-21-31)45(35-26-22-32(23-27-35)30-14-6-2-7-15-30)40-41-37(36-18-10-11-19-39(36)46-41)28-38-42(40)47-43(44-38)33-16-8-3-9-17-33/h1-28H. The quantitative estimate of drug-likeness (QED) is 0.181. The molecule has 0 aliphatic carbocycles. The fourth-order valence-electron chi connectivity index (χ4n) is 6.41. The molecule has 222 valence electrons. The molecule has 0 amide bonds. The van der Waals surface area contributed by atoms with Crippen LogP contribution in [0, 0.1) is 0 Å². The fourth-order valence-corrected chi connectivity index (χ4v) is 8.78. The van der Waals surface area contributed by atoms with Gasteiger partial charge in [0.05, 0.1) is 20.6 Å². The molecule has 0 fully saturated rings. The summed E-state index contributed by atoms with van der Waals surface area (Å²) in [6.45, 7) is 0. The third-order valence-corrected chi connectivity index (χ3v) is 11.0. The number of fused-ring (bicyclic) bond motifs is 4. The molecule has 0 bridgehead atoms. The van der Waals surface area contributed by atoms with E-state index < -0.39 is 0 Å². The zero-order chi connectivity index (χ0) is 31.2. The zero-order valence-electron chi connectivity index (χ0n) is 25.4. The Morgan fingerprint density at radius 2 is 0.894 bits per heavy atom. The Balaban J connectivity index is 1.31. The van der Waals surface area contributed by atoms with Gasteiger partial charge < -0.3 is 4.90 Å². The van der Waals surface area contributed by atoms with Gasteiger partial charge in [0.25, 0.3) is 0 Å². The summed E-state index contributed by atoms with van der Waals surface area (Å²) in [6.07, 6.45) is 0. The maximum Gasteiger partial charge on any atom is 0.124 e. The molecule has 0 saturated carbocycles. The molecule has 9 rings (SSSR count). The second-order valence-electron chi connectivity index (χ2n) is 11.6. The van der Waals surface area contributed by atoms with E-state index in [1.807, 2.05) is 11.3 Å². The van der Waals surface area contributed by atoms with Crippen molar-refractivity contribution in [3.8, 4) is 32.8 Å². The van der Waals surface area contributed by atoms with E-state index >= 15 is 0 Å². The Kier molecular flexibility index (Phi) is 6.89. The highest BCUT2D eigenvalue weighted by Gasteiger charge is 2.24. The minimum Gasteiger partial charge on any atom is -0.308 e. The molecule has 2 heterocycles. The second-order valence-corrected chi connectivity index (χ2v) is 13.6. The van der Waals surface area contributed by atoms with Crippen molar-refractivity contribution in [1.82, 2.24) is 4.98 Å². The molecule has 9 aromatic rings. The van der Waals surface area contributed by atoms with Crippen LogP contribution < -0.4 is 4.90 Å². The first-order valence-corrected chi connectivity index (χ1v) is 17.3. The lowest BCUT2D eigenvalue weighted by atomic mass is 10.0. The van der Waals surface area contributed by atoms with Gasteiger partial charge >= 0.3 is 0 Å². The lowest BCUT2D eigenvalue weighted by Crippen LogP contribution is -2.10. The van der Waals surface area contributed by atoms with Crippen LogP contribution in [-0.2, 0) is 0 Å². The van der Waals surface area contributed by atoms with E-state index in [-0.39, 0.29) is 0 Å². The number of anilines is 3. The van der Waals surface area contributed by atoms with Crippen molar-refractivity contribution in [1.29, 1.82) is 0 Å². The van der Waals surface area contributed by atoms with Crippen molar-refractivity contribution in [2.45, 2.75) is 0 Å². The summed E-state index contributed by atoms with van der Waals surface area (Å²) < 4.78 is 3.73.